The second-order valence-electron chi connectivity index (χ2n) is 3.90. The van der Waals surface area contributed by atoms with Crippen LogP contribution in [0.15, 0.2) is 45.9 Å². The number of carboxylic acids is 1. The minimum atomic E-state index is -3.92. The molecule has 7 heteroatoms. The molecule has 0 aliphatic carbocycles. The van der Waals surface area contributed by atoms with Gasteiger partial charge in [0.05, 0.1) is 0 Å². The van der Waals surface area contributed by atoms with E-state index in [2.05, 4.69) is 4.72 Å². The fourth-order valence-corrected chi connectivity index (χ4v) is 2.48. The molecule has 2 N–H and O–H groups in total. The molecule has 0 atom stereocenters. The van der Waals surface area contributed by atoms with Crippen molar-refractivity contribution in [2.24, 2.45) is 0 Å². The smallest absolute Gasteiger partial charge is 0.371 e. The van der Waals surface area contributed by atoms with Crippen LogP contribution in [0.3, 0.4) is 0 Å². The Balaban J connectivity index is 2.29. The summed E-state index contributed by atoms with van der Waals surface area (Å²) in [6, 6.07) is 8.96. The first-order valence-corrected chi connectivity index (χ1v) is 6.79. The van der Waals surface area contributed by atoms with Gasteiger partial charge < -0.3 is 9.52 Å². The summed E-state index contributed by atoms with van der Waals surface area (Å²) < 4.78 is 31.0. The highest BCUT2D eigenvalue weighted by molar-refractivity contribution is 7.92. The lowest BCUT2D eigenvalue weighted by Gasteiger charge is -2.05. The molecule has 1 heterocycles. The molecular weight excluding hydrogens is 270 g/mol. The van der Waals surface area contributed by atoms with Gasteiger partial charge in [0.2, 0.25) is 10.9 Å². The third kappa shape index (κ3) is 2.94. The van der Waals surface area contributed by atoms with Gasteiger partial charge in [-0.05, 0) is 36.8 Å². The van der Waals surface area contributed by atoms with E-state index in [4.69, 9.17) is 9.52 Å². The van der Waals surface area contributed by atoms with Crippen LogP contribution in [0.5, 0.6) is 0 Å². The highest BCUT2D eigenvalue weighted by atomic mass is 32.2. The SMILES string of the molecule is Cc1cccc(NS(=O)(=O)c2ccc(C(=O)O)o2)c1. The van der Waals surface area contributed by atoms with Gasteiger partial charge in [-0.2, -0.15) is 8.42 Å². The van der Waals surface area contributed by atoms with E-state index in [9.17, 15) is 13.2 Å². The Bertz CT molecular complexity index is 717. The van der Waals surface area contributed by atoms with Crippen molar-refractivity contribution >= 4 is 21.7 Å². The summed E-state index contributed by atoms with van der Waals surface area (Å²) >= 11 is 0. The predicted molar refractivity (Wildman–Crippen MR) is 67.7 cm³/mol. The monoisotopic (exact) mass is 281 g/mol. The van der Waals surface area contributed by atoms with E-state index in [1.54, 1.807) is 18.2 Å². The first-order valence-electron chi connectivity index (χ1n) is 5.31. The number of carboxylic acid groups (broad SMARTS) is 1. The van der Waals surface area contributed by atoms with Crippen LogP contribution in [0.4, 0.5) is 5.69 Å². The minimum Gasteiger partial charge on any atom is -0.475 e. The Kier molecular flexibility index (Phi) is 3.30. The average molecular weight is 281 g/mol. The second-order valence-corrected chi connectivity index (χ2v) is 5.51. The molecular formula is C12H11NO5S. The molecule has 0 unspecified atom stereocenters. The van der Waals surface area contributed by atoms with Gasteiger partial charge in [-0.3, -0.25) is 4.72 Å². The van der Waals surface area contributed by atoms with E-state index in [0.29, 0.717) is 5.69 Å². The molecule has 1 aromatic heterocycles. The number of anilines is 1. The number of carbonyl (C=O) groups is 1. The number of aromatic carboxylic acids is 1. The summed E-state index contributed by atoms with van der Waals surface area (Å²) in [5.74, 6) is -1.75. The largest absolute Gasteiger partial charge is 0.475 e. The van der Waals surface area contributed by atoms with Gasteiger partial charge in [0.1, 0.15) is 0 Å². The summed E-state index contributed by atoms with van der Waals surface area (Å²) in [5.41, 5.74) is 1.28. The lowest BCUT2D eigenvalue weighted by Crippen LogP contribution is -2.12. The van der Waals surface area contributed by atoms with Gasteiger partial charge in [-0.25, -0.2) is 4.79 Å². The first kappa shape index (κ1) is 13.2. The Morgan fingerprint density at radius 1 is 1.26 bits per heavy atom. The number of hydrogen-bond acceptors (Lipinski definition) is 4. The lowest BCUT2D eigenvalue weighted by atomic mass is 10.2. The Morgan fingerprint density at radius 3 is 2.58 bits per heavy atom. The molecule has 0 amide bonds. The van der Waals surface area contributed by atoms with Gasteiger partial charge in [-0.15, -0.1) is 0 Å². The molecule has 0 aliphatic heterocycles. The molecule has 0 spiro atoms. The van der Waals surface area contributed by atoms with E-state index in [-0.39, 0.29) is 0 Å². The summed E-state index contributed by atoms with van der Waals surface area (Å²) in [4.78, 5) is 10.6. The van der Waals surface area contributed by atoms with Crippen LogP contribution in [0.25, 0.3) is 0 Å². The Morgan fingerprint density at radius 2 is 2.00 bits per heavy atom. The molecule has 19 heavy (non-hydrogen) atoms. The molecule has 0 radical (unpaired) electrons. The van der Waals surface area contributed by atoms with Crippen LogP contribution in [0, 0.1) is 6.92 Å². The first-order chi connectivity index (χ1) is 8.88. The standard InChI is InChI=1S/C12H11NO5S/c1-8-3-2-4-9(7-8)13-19(16,17)11-6-5-10(18-11)12(14)15/h2-7,13H,1H3,(H,14,15). The summed E-state index contributed by atoms with van der Waals surface area (Å²) in [5, 5.41) is 8.24. The molecule has 0 saturated heterocycles. The zero-order valence-corrected chi connectivity index (χ0v) is 10.8. The highest BCUT2D eigenvalue weighted by Gasteiger charge is 2.21. The summed E-state index contributed by atoms with van der Waals surface area (Å²) in [6.45, 7) is 1.83. The van der Waals surface area contributed by atoms with Crippen LogP contribution in [0.2, 0.25) is 0 Å². The van der Waals surface area contributed by atoms with E-state index in [1.165, 1.54) is 0 Å². The number of sulfonamides is 1. The third-order valence-electron chi connectivity index (χ3n) is 2.33. The van der Waals surface area contributed by atoms with Crippen molar-refractivity contribution in [3.05, 3.63) is 47.7 Å². The highest BCUT2D eigenvalue weighted by Crippen LogP contribution is 2.19. The van der Waals surface area contributed by atoms with Crippen molar-refractivity contribution in [2.75, 3.05) is 4.72 Å². The molecule has 6 nitrogen and oxygen atoms in total. The maximum Gasteiger partial charge on any atom is 0.371 e. The molecule has 2 aromatic rings. The van der Waals surface area contributed by atoms with Gasteiger partial charge in [-0.1, -0.05) is 12.1 Å². The van der Waals surface area contributed by atoms with E-state index >= 15 is 0 Å². The average Bonchev–Trinajstić information content (AvgIpc) is 2.78. The van der Waals surface area contributed by atoms with E-state index < -0.39 is 26.8 Å². The number of aryl methyl sites for hydroxylation is 1. The van der Waals surface area contributed by atoms with Crippen LogP contribution in [0.1, 0.15) is 16.1 Å². The molecule has 0 saturated carbocycles. The van der Waals surface area contributed by atoms with Gasteiger partial charge in [0.15, 0.2) is 0 Å². The molecule has 2 rings (SSSR count). The molecule has 100 valence electrons. The van der Waals surface area contributed by atoms with Crippen LogP contribution < -0.4 is 4.72 Å². The van der Waals surface area contributed by atoms with Gasteiger partial charge >= 0.3 is 5.97 Å². The van der Waals surface area contributed by atoms with Crippen molar-refractivity contribution in [2.45, 2.75) is 12.0 Å². The van der Waals surface area contributed by atoms with E-state index in [1.807, 2.05) is 13.0 Å². The molecule has 0 fully saturated rings. The van der Waals surface area contributed by atoms with Crippen molar-refractivity contribution < 1.29 is 22.7 Å². The summed E-state index contributed by atoms with van der Waals surface area (Å²) in [7, 11) is -3.92. The van der Waals surface area contributed by atoms with Crippen molar-refractivity contribution in [3.63, 3.8) is 0 Å². The maximum absolute atomic E-state index is 12.0. The van der Waals surface area contributed by atoms with Crippen LogP contribution in [-0.4, -0.2) is 19.5 Å². The fraction of sp³-hybridized carbons (Fsp3) is 0.0833. The van der Waals surface area contributed by atoms with Gasteiger partial charge in [0, 0.05) is 5.69 Å². The van der Waals surface area contributed by atoms with Crippen LogP contribution >= 0.6 is 0 Å². The predicted octanol–water partition coefficient (Wildman–Crippen LogP) is 2.09. The van der Waals surface area contributed by atoms with Crippen LogP contribution in [-0.2, 0) is 10.0 Å². The van der Waals surface area contributed by atoms with Crippen molar-refractivity contribution in [3.8, 4) is 0 Å². The number of rotatable bonds is 4. The quantitative estimate of drug-likeness (QED) is 0.894. The van der Waals surface area contributed by atoms with E-state index in [0.717, 1.165) is 17.7 Å². The normalized spacial score (nSPS) is 11.2. The maximum atomic E-state index is 12.0. The fourth-order valence-electron chi connectivity index (χ4n) is 1.49. The number of nitrogens with one attached hydrogen (secondary N) is 1. The Hall–Kier alpha value is -2.28. The second kappa shape index (κ2) is 4.77. The molecule has 0 aliphatic rings. The van der Waals surface area contributed by atoms with Crippen molar-refractivity contribution in [1.82, 2.24) is 0 Å². The number of furan rings is 1. The zero-order valence-electron chi connectivity index (χ0n) is 9.95. The molecule has 0 bridgehead atoms. The van der Waals surface area contributed by atoms with Gasteiger partial charge in [0.25, 0.3) is 10.0 Å². The Labute approximate surface area is 109 Å². The summed E-state index contributed by atoms with van der Waals surface area (Å²) in [6.07, 6.45) is 0. The topological polar surface area (TPSA) is 96.6 Å². The number of hydrogen-bond donors (Lipinski definition) is 2. The number of benzene rings is 1. The lowest BCUT2D eigenvalue weighted by molar-refractivity contribution is 0.0656. The minimum absolute atomic E-state index is 0.383. The molecule has 1 aromatic carbocycles. The third-order valence-corrected chi connectivity index (χ3v) is 3.58. The van der Waals surface area contributed by atoms with Crippen molar-refractivity contribution in [1.29, 1.82) is 0 Å². The zero-order chi connectivity index (χ0) is 14.0.